The molecular formula is C16H24N4. The highest BCUT2D eigenvalue weighted by Crippen LogP contribution is 2.20. The minimum atomic E-state index is 0.297. The summed E-state index contributed by atoms with van der Waals surface area (Å²) in [6.07, 6.45) is 3.99. The molecule has 4 heteroatoms. The zero-order valence-electron chi connectivity index (χ0n) is 12.8. The molecule has 1 atom stereocenters. The number of nitrogens with one attached hydrogen (secondary N) is 1. The van der Waals surface area contributed by atoms with Crippen LogP contribution in [0.2, 0.25) is 0 Å². The van der Waals surface area contributed by atoms with Gasteiger partial charge >= 0.3 is 0 Å². The highest BCUT2D eigenvalue weighted by Gasteiger charge is 2.14. The molecule has 0 aliphatic heterocycles. The van der Waals surface area contributed by atoms with Crippen LogP contribution in [-0.2, 0) is 13.5 Å². The van der Waals surface area contributed by atoms with Crippen LogP contribution in [0.1, 0.15) is 41.8 Å². The van der Waals surface area contributed by atoms with Crippen molar-refractivity contribution in [3.05, 3.63) is 46.8 Å². The Morgan fingerprint density at radius 2 is 1.90 bits per heavy atom. The highest BCUT2D eigenvalue weighted by molar-refractivity contribution is 5.31. The summed E-state index contributed by atoms with van der Waals surface area (Å²) < 4.78 is 1.76. The van der Waals surface area contributed by atoms with Crippen molar-refractivity contribution in [1.29, 1.82) is 0 Å². The molecule has 0 aliphatic carbocycles. The maximum Gasteiger partial charge on any atom is 0.0845 e. The molecule has 0 saturated heterocycles. The Morgan fingerprint density at radius 3 is 2.45 bits per heavy atom. The molecular weight excluding hydrogens is 248 g/mol. The number of nitrogens with zero attached hydrogens (tertiary/aromatic N) is 3. The van der Waals surface area contributed by atoms with E-state index in [0.29, 0.717) is 6.04 Å². The minimum absolute atomic E-state index is 0.297. The molecule has 2 rings (SSSR count). The van der Waals surface area contributed by atoms with Crippen molar-refractivity contribution in [2.75, 3.05) is 6.54 Å². The van der Waals surface area contributed by atoms with Crippen molar-refractivity contribution in [2.45, 2.75) is 39.7 Å². The zero-order chi connectivity index (χ0) is 14.5. The van der Waals surface area contributed by atoms with Gasteiger partial charge in [-0.05, 0) is 32.4 Å². The van der Waals surface area contributed by atoms with Gasteiger partial charge in [0.2, 0.25) is 0 Å². The second-order valence-corrected chi connectivity index (χ2v) is 5.52. The highest BCUT2D eigenvalue weighted by atomic mass is 15.4. The predicted octanol–water partition coefficient (Wildman–Crippen LogP) is 2.72. The Hall–Kier alpha value is -1.68. The molecule has 0 amide bonds. The third-order valence-corrected chi connectivity index (χ3v) is 3.35. The van der Waals surface area contributed by atoms with Gasteiger partial charge in [-0.15, -0.1) is 5.10 Å². The van der Waals surface area contributed by atoms with Gasteiger partial charge in [0.15, 0.2) is 0 Å². The van der Waals surface area contributed by atoms with Crippen LogP contribution in [0.15, 0.2) is 24.4 Å². The third-order valence-electron chi connectivity index (χ3n) is 3.35. The molecule has 2 aromatic rings. The number of rotatable bonds is 6. The molecule has 1 heterocycles. The van der Waals surface area contributed by atoms with Gasteiger partial charge in [0, 0.05) is 25.7 Å². The summed E-state index contributed by atoms with van der Waals surface area (Å²) in [5.74, 6) is 0. The number of aryl methyl sites for hydroxylation is 3. The Kier molecular flexibility index (Phi) is 4.90. The van der Waals surface area contributed by atoms with Crippen molar-refractivity contribution in [3.63, 3.8) is 0 Å². The summed E-state index contributed by atoms with van der Waals surface area (Å²) >= 11 is 0. The second kappa shape index (κ2) is 6.66. The smallest absolute Gasteiger partial charge is 0.0845 e. The SMILES string of the molecule is CCCNC(Cc1cn(C)nn1)c1cc(C)cc(C)c1. The molecule has 1 unspecified atom stereocenters. The van der Waals surface area contributed by atoms with Crippen LogP contribution in [0, 0.1) is 13.8 Å². The Balaban J connectivity index is 2.21. The largest absolute Gasteiger partial charge is 0.310 e. The van der Waals surface area contributed by atoms with Crippen LogP contribution in [0.4, 0.5) is 0 Å². The molecule has 0 bridgehead atoms. The third kappa shape index (κ3) is 3.90. The number of benzene rings is 1. The average molecular weight is 272 g/mol. The Bertz CT molecular complexity index is 539. The molecule has 20 heavy (non-hydrogen) atoms. The average Bonchev–Trinajstić information content (AvgIpc) is 2.79. The van der Waals surface area contributed by atoms with Crippen LogP contribution in [0.25, 0.3) is 0 Å². The van der Waals surface area contributed by atoms with E-state index in [1.165, 1.54) is 16.7 Å². The fraction of sp³-hybridized carbons (Fsp3) is 0.500. The molecule has 108 valence electrons. The number of aromatic nitrogens is 3. The van der Waals surface area contributed by atoms with Crippen molar-refractivity contribution in [3.8, 4) is 0 Å². The molecule has 4 nitrogen and oxygen atoms in total. The van der Waals surface area contributed by atoms with Crippen molar-refractivity contribution >= 4 is 0 Å². The van der Waals surface area contributed by atoms with Crippen molar-refractivity contribution in [2.24, 2.45) is 7.05 Å². The van der Waals surface area contributed by atoms with E-state index in [2.05, 4.69) is 54.6 Å². The summed E-state index contributed by atoms with van der Waals surface area (Å²) in [6, 6.07) is 7.03. The fourth-order valence-electron chi connectivity index (χ4n) is 2.54. The number of hydrogen-bond acceptors (Lipinski definition) is 3. The molecule has 0 radical (unpaired) electrons. The predicted molar refractivity (Wildman–Crippen MR) is 81.7 cm³/mol. The maximum atomic E-state index is 4.21. The second-order valence-electron chi connectivity index (χ2n) is 5.52. The Morgan fingerprint density at radius 1 is 1.20 bits per heavy atom. The molecule has 1 aromatic carbocycles. The maximum absolute atomic E-state index is 4.21. The fourth-order valence-corrected chi connectivity index (χ4v) is 2.54. The summed E-state index contributed by atoms with van der Waals surface area (Å²) in [7, 11) is 1.90. The van der Waals surface area contributed by atoms with E-state index in [1.54, 1.807) is 4.68 Å². The van der Waals surface area contributed by atoms with E-state index in [1.807, 2.05) is 13.2 Å². The van der Waals surface area contributed by atoms with Crippen molar-refractivity contribution in [1.82, 2.24) is 20.3 Å². The van der Waals surface area contributed by atoms with Gasteiger partial charge in [-0.3, -0.25) is 4.68 Å². The normalized spacial score (nSPS) is 12.6. The van der Waals surface area contributed by atoms with Gasteiger partial charge in [0.05, 0.1) is 5.69 Å². The number of hydrogen-bond donors (Lipinski definition) is 1. The van der Waals surface area contributed by atoms with Crippen LogP contribution in [0.5, 0.6) is 0 Å². The molecule has 0 spiro atoms. The summed E-state index contributed by atoms with van der Waals surface area (Å²) in [5, 5.41) is 11.8. The lowest BCUT2D eigenvalue weighted by Crippen LogP contribution is -2.24. The van der Waals surface area contributed by atoms with Crippen LogP contribution in [0.3, 0.4) is 0 Å². The first-order chi connectivity index (χ1) is 9.58. The van der Waals surface area contributed by atoms with Crippen LogP contribution in [-0.4, -0.2) is 21.5 Å². The van der Waals surface area contributed by atoms with Gasteiger partial charge in [-0.25, -0.2) is 0 Å². The molecule has 0 fully saturated rings. The van der Waals surface area contributed by atoms with Gasteiger partial charge in [0.1, 0.15) is 0 Å². The standard InChI is InChI=1S/C16H24N4/c1-5-6-17-16(10-15-11-20(4)19-18-15)14-8-12(2)7-13(3)9-14/h7-9,11,16-17H,5-6,10H2,1-4H3. The van der Waals surface area contributed by atoms with Crippen molar-refractivity contribution < 1.29 is 0 Å². The van der Waals surface area contributed by atoms with Gasteiger partial charge in [-0.1, -0.05) is 41.5 Å². The molecule has 1 N–H and O–H groups in total. The van der Waals surface area contributed by atoms with E-state index >= 15 is 0 Å². The quantitative estimate of drug-likeness (QED) is 0.879. The summed E-state index contributed by atoms with van der Waals surface area (Å²) in [6.45, 7) is 7.50. The van der Waals surface area contributed by atoms with Gasteiger partial charge < -0.3 is 5.32 Å². The van der Waals surface area contributed by atoms with E-state index in [0.717, 1.165) is 25.1 Å². The van der Waals surface area contributed by atoms with E-state index in [4.69, 9.17) is 0 Å². The van der Waals surface area contributed by atoms with Crippen LogP contribution >= 0.6 is 0 Å². The monoisotopic (exact) mass is 272 g/mol. The summed E-state index contributed by atoms with van der Waals surface area (Å²) in [4.78, 5) is 0. The van der Waals surface area contributed by atoms with Gasteiger partial charge in [-0.2, -0.15) is 0 Å². The lowest BCUT2D eigenvalue weighted by Gasteiger charge is -2.19. The zero-order valence-corrected chi connectivity index (χ0v) is 12.8. The Labute approximate surface area is 121 Å². The van der Waals surface area contributed by atoms with Gasteiger partial charge in [0.25, 0.3) is 0 Å². The molecule has 0 saturated carbocycles. The van der Waals surface area contributed by atoms with Crippen LogP contribution < -0.4 is 5.32 Å². The first-order valence-electron chi connectivity index (χ1n) is 7.25. The lowest BCUT2D eigenvalue weighted by atomic mass is 9.98. The minimum Gasteiger partial charge on any atom is -0.310 e. The van der Waals surface area contributed by atoms with E-state index < -0.39 is 0 Å². The van der Waals surface area contributed by atoms with E-state index in [9.17, 15) is 0 Å². The molecule has 0 aliphatic rings. The summed E-state index contributed by atoms with van der Waals surface area (Å²) in [5.41, 5.74) is 4.98. The molecule has 1 aromatic heterocycles. The first-order valence-corrected chi connectivity index (χ1v) is 7.25. The topological polar surface area (TPSA) is 42.7 Å². The first kappa shape index (κ1) is 14.7. The van der Waals surface area contributed by atoms with E-state index in [-0.39, 0.29) is 0 Å². The lowest BCUT2D eigenvalue weighted by molar-refractivity contribution is 0.523.